The number of hydrogen-bond acceptors (Lipinski definition) is 3. The van der Waals surface area contributed by atoms with Gasteiger partial charge in [0, 0.05) is 32.2 Å². The van der Waals surface area contributed by atoms with E-state index in [0.29, 0.717) is 5.69 Å². The summed E-state index contributed by atoms with van der Waals surface area (Å²) < 4.78 is 13.5. The van der Waals surface area contributed by atoms with E-state index in [1.165, 1.54) is 6.07 Å². The van der Waals surface area contributed by atoms with E-state index >= 15 is 0 Å². The highest BCUT2D eigenvalue weighted by Crippen LogP contribution is 2.31. The van der Waals surface area contributed by atoms with Crippen molar-refractivity contribution in [2.75, 3.05) is 31.1 Å². The van der Waals surface area contributed by atoms with Gasteiger partial charge in [0.25, 0.3) is 0 Å². The first-order valence-corrected chi connectivity index (χ1v) is 5.20. The average Bonchev–Trinajstić information content (AvgIpc) is 2.25. The van der Waals surface area contributed by atoms with E-state index in [-0.39, 0.29) is 10.8 Å². The predicted octanol–water partition coefficient (Wildman–Crippen LogP) is 1.59. The molecule has 1 fully saturated rings. The fourth-order valence-corrected chi connectivity index (χ4v) is 1.83. The Hall–Kier alpha value is -1.00. The highest BCUT2D eigenvalue weighted by Gasteiger charge is 2.16. The van der Waals surface area contributed by atoms with Crippen LogP contribution in [0.4, 0.5) is 10.1 Å². The first-order chi connectivity index (χ1) is 7.18. The third kappa shape index (κ3) is 2.16. The minimum absolute atomic E-state index is 0.185. The van der Waals surface area contributed by atoms with Crippen LogP contribution in [0.25, 0.3) is 0 Å². The molecule has 2 rings (SSSR count). The standard InChI is InChI=1S/C10H12ClFN2O/c11-7-5-9(8(12)6-10(7)15)14-3-1-13-2-4-14/h5-6,13,15H,1-4H2. The molecule has 0 spiro atoms. The summed E-state index contributed by atoms with van der Waals surface area (Å²) in [5.41, 5.74) is 0.458. The average molecular weight is 231 g/mol. The second-order valence-electron chi connectivity index (χ2n) is 3.49. The zero-order chi connectivity index (χ0) is 10.8. The molecule has 0 radical (unpaired) electrons. The van der Waals surface area contributed by atoms with Gasteiger partial charge in [-0.05, 0) is 6.07 Å². The van der Waals surface area contributed by atoms with Gasteiger partial charge in [-0.3, -0.25) is 0 Å². The summed E-state index contributed by atoms with van der Waals surface area (Å²) in [5.74, 6) is -0.646. The Bertz CT molecular complexity index is 367. The van der Waals surface area contributed by atoms with Gasteiger partial charge >= 0.3 is 0 Å². The first kappa shape index (κ1) is 10.5. The topological polar surface area (TPSA) is 35.5 Å². The minimum Gasteiger partial charge on any atom is -0.506 e. The van der Waals surface area contributed by atoms with Crippen LogP contribution < -0.4 is 10.2 Å². The Morgan fingerprint density at radius 3 is 2.67 bits per heavy atom. The zero-order valence-corrected chi connectivity index (χ0v) is 8.89. The van der Waals surface area contributed by atoms with Crippen LogP contribution in [0, 0.1) is 5.82 Å². The smallest absolute Gasteiger partial charge is 0.150 e. The number of phenolic OH excluding ortho intramolecular Hbond substituents is 1. The number of nitrogens with zero attached hydrogens (tertiary/aromatic N) is 1. The summed E-state index contributed by atoms with van der Waals surface area (Å²) in [7, 11) is 0. The lowest BCUT2D eigenvalue weighted by atomic mass is 10.2. The third-order valence-electron chi connectivity index (χ3n) is 2.47. The molecule has 0 bridgehead atoms. The lowest BCUT2D eigenvalue weighted by Gasteiger charge is -2.29. The van der Waals surface area contributed by atoms with Gasteiger partial charge in [-0.2, -0.15) is 0 Å². The van der Waals surface area contributed by atoms with Crippen molar-refractivity contribution in [2.45, 2.75) is 0 Å². The summed E-state index contributed by atoms with van der Waals surface area (Å²) in [4.78, 5) is 1.91. The highest BCUT2D eigenvalue weighted by atomic mass is 35.5. The van der Waals surface area contributed by atoms with E-state index in [9.17, 15) is 9.50 Å². The molecular weight excluding hydrogens is 219 g/mol. The van der Waals surface area contributed by atoms with Crippen molar-refractivity contribution in [1.29, 1.82) is 0 Å². The van der Waals surface area contributed by atoms with E-state index in [0.717, 1.165) is 32.2 Å². The van der Waals surface area contributed by atoms with Crippen LogP contribution in [0.5, 0.6) is 5.75 Å². The number of anilines is 1. The first-order valence-electron chi connectivity index (χ1n) is 4.82. The molecule has 1 aromatic carbocycles. The maximum absolute atomic E-state index is 13.5. The quantitative estimate of drug-likeness (QED) is 0.769. The van der Waals surface area contributed by atoms with Crippen LogP contribution in [-0.2, 0) is 0 Å². The molecule has 1 heterocycles. The van der Waals surface area contributed by atoms with Crippen LogP contribution in [0.15, 0.2) is 12.1 Å². The van der Waals surface area contributed by atoms with Crippen molar-refractivity contribution in [3.63, 3.8) is 0 Å². The molecule has 0 amide bonds. The largest absolute Gasteiger partial charge is 0.506 e. The molecule has 1 aliphatic rings. The van der Waals surface area contributed by atoms with E-state index in [1.807, 2.05) is 4.90 Å². The monoisotopic (exact) mass is 230 g/mol. The summed E-state index contributed by atoms with van der Waals surface area (Å²) in [6.07, 6.45) is 0. The van der Waals surface area contributed by atoms with Gasteiger partial charge in [-0.25, -0.2) is 4.39 Å². The number of hydrogen-bond donors (Lipinski definition) is 2. The van der Waals surface area contributed by atoms with Gasteiger partial charge < -0.3 is 15.3 Å². The molecular formula is C10H12ClFN2O. The van der Waals surface area contributed by atoms with Crippen molar-refractivity contribution < 1.29 is 9.50 Å². The Labute approximate surface area is 92.5 Å². The molecule has 1 aromatic rings. The van der Waals surface area contributed by atoms with Crippen molar-refractivity contribution in [2.24, 2.45) is 0 Å². The van der Waals surface area contributed by atoms with E-state index in [2.05, 4.69) is 5.32 Å². The van der Waals surface area contributed by atoms with E-state index in [4.69, 9.17) is 11.6 Å². The van der Waals surface area contributed by atoms with Crippen LogP contribution >= 0.6 is 11.6 Å². The summed E-state index contributed by atoms with van der Waals surface area (Å²) in [5, 5.41) is 12.6. The molecule has 0 aromatic heterocycles. The summed E-state index contributed by atoms with van der Waals surface area (Å²) in [6.45, 7) is 3.16. The van der Waals surface area contributed by atoms with Crippen molar-refractivity contribution in [1.82, 2.24) is 5.32 Å². The summed E-state index contributed by atoms with van der Waals surface area (Å²) in [6, 6.07) is 2.53. The Morgan fingerprint density at radius 2 is 2.00 bits per heavy atom. The fourth-order valence-electron chi connectivity index (χ4n) is 1.67. The Kier molecular flexibility index (Phi) is 2.98. The number of rotatable bonds is 1. The molecule has 0 saturated carbocycles. The number of nitrogens with one attached hydrogen (secondary N) is 1. The van der Waals surface area contributed by atoms with Crippen LogP contribution in [0.2, 0.25) is 5.02 Å². The molecule has 1 saturated heterocycles. The van der Waals surface area contributed by atoms with Gasteiger partial charge in [0.2, 0.25) is 0 Å². The SMILES string of the molecule is Oc1cc(F)c(N2CCNCC2)cc1Cl. The molecule has 0 aliphatic carbocycles. The van der Waals surface area contributed by atoms with Gasteiger partial charge in [0.1, 0.15) is 11.6 Å². The van der Waals surface area contributed by atoms with Crippen molar-refractivity contribution in [3.8, 4) is 5.75 Å². The number of aromatic hydroxyl groups is 1. The Balaban J connectivity index is 2.30. The molecule has 0 unspecified atom stereocenters. The second-order valence-corrected chi connectivity index (χ2v) is 3.90. The molecule has 15 heavy (non-hydrogen) atoms. The molecule has 82 valence electrons. The number of phenols is 1. The van der Waals surface area contributed by atoms with Gasteiger partial charge in [-0.15, -0.1) is 0 Å². The fraction of sp³-hybridized carbons (Fsp3) is 0.400. The van der Waals surface area contributed by atoms with Gasteiger partial charge in [0.05, 0.1) is 10.7 Å². The maximum Gasteiger partial charge on any atom is 0.150 e. The van der Waals surface area contributed by atoms with Gasteiger partial charge in [-0.1, -0.05) is 11.6 Å². The lowest BCUT2D eigenvalue weighted by molar-refractivity contribution is 0.468. The molecule has 1 aliphatic heterocycles. The summed E-state index contributed by atoms with van der Waals surface area (Å²) >= 11 is 5.75. The number of piperazine rings is 1. The Morgan fingerprint density at radius 1 is 1.33 bits per heavy atom. The second kappa shape index (κ2) is 4.24. The lowest BCUT2D eigenvalue weighted by Crippen LogP contribution is -2.43. The zero-order valence-electron chi connectivity index (χ0n) is 8.13. The number of benzene rings is 1. The molecule has 2 N–H and O–H groups in total. The highest BCUT2D eigenvalue weighted by molar-refractivity contribution is 6.32. The van der Waals surface area contributed by atoms with Crippen molar-refractivity contribution >= 4 is 17.3 Å². The van der Waals surface area contributed by atoms with Gasteiger partial charge in [0.15, 0.2) is 0 Å². The molecule has 3 nitrogen and oxygen atoms in total. The number of halogens is 2. The minimum atomic E-state index is -0.432. The van der Waals surface area contributed by atoms with Crippen LogP contribution in [0.1, 0.15) is 0 Å². The van der Waals surface area contributed by atoms with Crippen LogP contribution in [0.3, 0.4) is 0 Å². The van der Waals surface area contributed by atoms with Crippen LogP contribution in [-0.4, -0.2) is 31.3 Å². The normalized spacial score (nSPS) is 16.8. The third-order valence-corrected chi connectivity index (χ3v) is 2.78. The maximum atomic E-state index is 13.5. The van der Waals surface area contributed by atoms with E-state index < -0.39 is 5.82 Å². The molecule has 5 heteroatoms. The predicted molar refractivity (Wildman–Crippen MR) is 58.2 cm³/mol. The van der Waals surface area contributed by atoms with E-state index in [1.54, 1.807) is 0 Å². The molecule has 0 atom stereocenters. The van der Waals surface area contributed by atoms with Crippen molar-refractivity contribution in [3.05, 3.63) is 23.0 Å².